The third-order valence-corrected chi connectivity index (χ3v) is 2.40. The molecular formula is C15H13NO2. The van der Waals surface area contributed by atoms with E-state index >= 15 is 0 Å². The van der Waals surface area contributed by atoms with Gasteiger partial charge < -0.3 is 10.2 Å². The first-order chi connectivity index (χ1) is 8.60. The van der Waals surface area contributed by atoms with Crippen LogP contribution in [0, 0.1) is 11.8 Å². The molecule has 0 radical (unpaired) electrons. The van der Waals surface area contributed by atoms with Crippen LogP contribution in [0.3, 0.4) is 0 Å². The van der Waals surface area contributed by atoms with Crippen molar-refractivity contribution in [2.45, 2.75) is 13.5 Å². The molecule has 0 aliphatic carbocycles. The normalized spacial score (nSPS) is 9.89. The van der Waals surface area contributed by atoms with E-state index in [2.05, 4.69) is 18.4 Å². The summed E-state index contributed by atoms with van der Waals surface area (Å²) in [4.78, 5) is 11.9. The maximum Gasteiger partial charge on any atom is 0.193 e. The summed E-state index contributed by atoms with van der Waals surface area (Å²) in [5.41, 5.74) is 7.43. The van der Waals surface area contributed by atoms with Gasteiger partial charge in [0.25, 0.3) is 0 Å². The van der Waals surface area contributed by atoms with Gasteiger partial charge in [0.15, 0.2) is 5.43 Å². The monoisotopic (exact) mass is 239 g/mol. The van der Waals surface area contributed by atoms with Gasteiger partial charge in [0.05, 0.1) is 11.9 Å². The summed E-state index contributed by atoms with van der Waals surface area (Å²) in [6, 6.07) is 6.68. The molecule has 0 aliphatic rings. The molecule has 90 valence electrons. The van der Waals surface area contributed by atoms with Gasteiger partial charge in [-0.15, -0.1) is 0 Å². The quantitative estimate of drug-likeness (QED) is 0.776. The predicted octanol–water partition coefficient (Wildman–Crippen LogP) is 2.18. The molecule has 0 amide bonds. The van der Waals surface area contributed by atoms with Crippen LogP contribution in [0.25, 0.3) is 11.0 Å². The van der Waals surface area contributed by atoms with Crippen molar-refractivity contribution in [3.8, 4) is 11.8 Å². The second-order valence-corrected chi connectivity index (χ2v) is 4.02. The van der Waals surface area contributed by atoms with E-state index in [4.69, 9.17) is 10.2 Å². The minimum Gasteiger partial charge on any atom is -0.459 e. The summed E-state index contributed by atoms with van der Waals surface area (Å²) in [5.74, 6) is 6.29. The molecule has 0 aliphatic heterocycles. The lowest BCUT2D eigenvalue weighted by Gasteiger charge is -2.00. The minimum absolute atomic E-state index is 0.101. The number of hydrogen-bond acceptors (Lipinski definition) is 3. The number of nitrogens with two attached hydrogens (primary N) is 1. The topological polar surface area (TPSA) is 56.2 Å². The molecule has 0 unspecified atom stereocenters. The van der Waals surface area contributed by atoms with E-state index in [0.29, 0.717) is 16.7 Å². The van der Waals surface area contributed by atoms with E-state index in [-0.39, 0.29) is 12.0 Å². The Balaban J connectivity index is 2.60. The van der Waals surface area contributed by atoms with Crippen molar-refractivity contribution in [1.29, 1.82) is 0 Å². The van der Waals surface area contributed by atoms with Crippen LogP contribution < -0.4 is 11.2 Å². The highest BCUT2D eigenvalue weighted by molar-refractivity contribution is 5.78. The Morgan fingerprint density at radius 2 is 2.22 bits per heavy atom. The predicted molar refractivity (Wildman–Crippen MR) is 72.1 cm³/mol. The Morgan fingerprint density at radius 3 is 2.89 bits per heavy atom. The fraction of sp³-hybridized carbons (Fsp3) is 0.133. The van der Waals surface area contributed by atoms with Crippen LogP contribution in [0.2, 0.25) is 0 Å². The SMILES string of the molecule is C=C(C)C#Cc1ccc2oc(CN)cc(=O)c2c1. The van der Waals surface area contributed by atoms with E-state index in [0.717, 1.165) is 11.1 Å². The van der Waals surface area contributed by atoms with Gasteiger partial charge in [-0.25, -0.2) is 0 Å². The van der Waals surface area contributed by atoms with Gasteiger partial charge in [-0.3, -0.25) is 4.79 Å². The average Bonchev–Trinajstić information content (AvgIpc) is 2.36. The highest BCUT2D eigenvalue weighted by Crippen LogP contribution is 2.14. The number of fused-ring (bicyclic) bond motifs is 1. The Morgan fingerprint density at radius 1 is 1.44 bits per heavy atom. The lowest BCUT2D eigenvalue weighted by molar-refractivity contribution is 0.539. The second-order valence-electron chi connectivity index (χ2n) is 4.02. The second kappa shape index (κ2) is 4.91. The molecule has 0 atom stereocenters. The van der Waals surface area contributed by atoms with Crippen LogP contribution in [-0.2, 0) is 6.54 Å². The Labute approximate surface area is 105 Å². The van der Waals surface area contributed by atoms with E-state index in [9.17, 15) is 4.79 Å². The Kier molecular flexibility index (Phi) is 3.31. The lowest BCUT2D eigenvalue weighted by Crippen LogP contribution is -2.05. The van der Waals surface area contributed by atoms with Crippen molar-refractivity contribution in [2.24, 2.45) is 5.73 Å². The van der Waals surface area contributed by atoms with Gasteiger partial charge in [-0.05, 0) is 30.7 Å². The van der Waals surface area contributed by atoms with E-state index < -0.39 is 0 Å². The molecule has 0 saturated heterocycles. The summed E-state index contributed by atoms with van der Waals surface area (Å²) in [5, 5.41) is 0.515. The van der Waals surface area contributed by atoms with Crippen molar-refractivity contribution in [2.75, 3.05) is 0 Å². The molecule has 0 spiro atoms. The Bertz CT molecular complexity index is 729. The molecule has 0 bridgehead atoms. The lowest BCUT2D eigenvalue weighted by atomic mass is 10.1. The molecule has 1 aromatic carbocycles. The molecule has 3 nitrogen and oxygen atoms in total. The van der Waals surface area contributed by atoms with E-state index in [1.807, 2.05) is 13.0 Å². The minimum atomic E-state index is -0.101. The summed E-state index contributed by atoms with van der Waals surface area (Å²) in [6.45, 7) is 5.75. The van der Waals surface area contributed by atoms with Crippen LogP contribution in [-0.4, -0.2) is 0 Å². The zero-order valence-electron chi connectivity index (χ0n) is 10.1. The third kappa shape index (κ3) is 2.50. The molecule has 0 saturated carbocycles. The van der Waals surface area contributed by atoms with Crippen molar-refractivity contribution < 1.29 is 4.42 Å². The maximum absolute atomic E-state index is 11.9. The van der Waals surface area contributed by atoms with Crippen molar-refractivity contribution in [1.82, 2.24) is 0 Å². The highest BCUT2D eigenvalue weighted by atomic mass is 16.3. The van der Waals surface area contributed by atoms with Gasteiger partial charge in [-0.1, -0.05) is 18.4 Å². The fourth-order valence-electron chi connectivity index (χ4n) is 1.56. The van der Waals surface area contributed by atoms with Crippen LogP contribution in [0.1, 0.15) is 18.2 Å². The molecule has 1 heterocycles. The number of hydrogen-bond donors (Lipinski definition) is 1. The zero-order valence-corrected chi connectivity index (χ0v) is 10.1. The summed E-state index contributed by atoms with van der Waals surface area (Å²) in [6.07, 6.45) is 0. The van der Waals surface area contributed by atoms with Crippen LogP contribution in [0.4, 0.5) is 0 Å². The van der Waals surface area contributed by atoms with Gasteiger partial charge in [-0.2, -0.15) is 0 Å². The average molecular weight is 239 g/mol. The summed E-state index contributed by atoms with van der Waals surface area (Å²) < 4.78 is 5.48. The zero-order chi connectivity index (χ0) is 13.1. The molecule has 18 heavy (non-hydrogen) atoms. The third-order valence-electron chi connectivity index (χ3n) is 2.40. The maximum atomic E-state index is 11.9. The number of rotatable bonds is 1. The van der Waals surface area contributed by atoms with Crippen LogP contribution >= 0.6 is 0 Å². The van der Waals surface area contributed by atoms with Gasteiger partial charge in [0.2, 0.25) is 0 Å². The molecule has 3 heteroatoms. The van der Waals surface area contributed by atoms with Crippen molar-refractivity contribution in [3.63, 3.8) is 0 Å². The molecule has 2 rings (SSSR count). The van der Waals surface area contributed by atoms with Crippen molar-refractivity contribution in [3.05, 3.63) is 58.0 Å². The van der Waals surface area contributed by atoms with E-state index in [1.54, 1.807) is 12.1 Å². The first-order valence-electron chi connectivity index (χ1n) is 5.54. The molecule has 2 aromatic rings. The summed E-state index contributed by atoms with van der Waals surface area (Å²) in [7, 11) is 0. The summed E-state index contributed by atoms with van der Waals surface area (Å²) >= 11 is 0. The van der Waals surface area contributed by atoms with E-state index in [1.165, 1.54) is 6.07 Å². The molecule has 2 N–H and O–H groups in total. The molecular weight excluding hydrogens is 226 g/mol. The first kappa shape index (κ1) is 12.2. The van der Waals surface area contributed by atoms with Gasteiger partial charge in [0, 0.05) is 11.6 Å². The van der Waals surface area contributed by atoms with Gasteiger partial charge in [0.1, 0.15) is 11.3 Å². The highest BCUT2D eigenvalue weighted by Gasteiger charge is 2.04. The molecule has 1 aromatic heterocycles. The van der Waals surface area contributed by atoms with Crippen molar-refractivity contribution >= 4 is 11.0 Å². The largest absolute Gasteiger partial charge is 0.459 e. The Hall–Kier alpha value is -2.31. The first-order valence-corrected chi connectivity index (χ1v) is 5.54. The smallest absolute Gasteiger partial charge is 0.193 e. The number of benzene rings is 1. The van der Waals surface area contributed by atoms with Crippen LogP contribution in [0.5, 0.6) is 0 Å². The number of allylic oxidation sites excluding steroid dienone is 1. The standard InChI is InChI=1S/C15H13NO2/c1-10(2)3-4-11-5-6-15-13(7-11)14(17)8-12(9-16)18-15/h5-8H,1,9,16H2,2H3. The van der Waals surface area contributed by atoms with Gasteiger partial charge >= 0.3 is 0 Å². The van der Waals surface area contributed by atoms with Crippen LogP contribution in [0.15, 0.2) is 45.6 Å². The fourth-order valence-corrected chi connectivity index (χ4v) is 1.56. The molecule has 0 fully saturated rings.